The monoisotopic (exact) mass is 354 g/mol. The second kappa shape index (κ2) is 8.32. The number of hydrogen-bond acceptors (Lipinski definition) is 10. The maximum absolute atomic E-state index is 10.3. The minimum atomic E-state index is -1.54. The third-order valence-electron chi connectivity index (χ3n) is 4.76. The molecule has 142 valence electrons. The topological polar surface area (TPSA) is 169 Å². The molecule has 0 radical (unpaired) electrons. The SMILES string of the molecule is CO[C@H]1O[C@H](CO)[C@@H](C[C@H]2O[C@H](CO)[C@@H](O)[C@H](O)[C@@H]2O)[C@H](O)[C@H]1O. The highest BCUT2D eigenvalue weighted by molar-refractivity contribution is 4.96. The molecule has 2 saturated heterocycles. The van der Waals surface area contributed by atoms with E-state index in [1.807, 2.05) is 0 Å². The normalized spacial score (nSPS) is 50.0. The van der Waals surface area contributed by atoms with E-state index in [1.54, 1.807) is 0 Å². The molecule has 10 heteroatoms. The van der Waals surface area contributed by atoms with Gasteiger partial charge in [0.1, 0.15) is 30.5 Å². The summed E-state index contributed by atoms with van der Waals surface area (Å²) in [6.07, 6.45) is -11.4. The lowest BCUT2D eigenvalue weighted by Crippen LogP contribution is -2.61. The molecule has 0 amide bonds. The molecule has 0 aromatic heterocycles. The summed E-state index contributed by atoms with van der Waals surface area (Å²) in [6, 6.07) is 0. The fraction of sp³-hybridized carbons (Fsp3) is 1.00. The van der Waals surface area contributed by atoms with Gasteiger partial charge in [-0.25, -0.2) is 0 Å². The smallest absolute Gasteiger partial charge is 0.186 e. The average molecular weight is 354 g/mol. The van der Waals surface area contributed by atoms with E-state index >= 15 is 0 Å². The van der Waals surface area contributed by atoms with E-state index in [0.29, 0.717) is 0 Å². The summed E-state index contributed by atoms with van der Waals surface area (Å²) in [4.78, 5) is 0. The van der Waals surface area contributed by atoms with E-state index < -0.39 is 74.3 Å². The van der Waals surface area contributed by atoms with Crippen LogP contribution in [0.1, 0.15) is 6.42 Å². The molecule has 2 heterocycles. The standard InChI is InChI=1S/C14H26O10/c1-22-14-13(21)9(17)5(7(3-15)24-14)2-6-10(18)12(20)11(19)8(4-16)23-6/h5-21H,2-4H2,1H3/t5-,6-,7-,8-,9+,10-,11-,12-,13-,14+/m1/s1. The lowest BCUT2D eigenvalue weighted by atomic mass is 9.81. The Hall–Kier alpha value is -0.400. The molecule has 24 heavy (non-hydrogen) atoms. The summed E-state index contributed by atoms with van der Waals surface area (Å²) < 4.78 is 15.7. The quantitative estimate of drug-likeness (QED) is 0.258. The Kier molecular flexibility index (Phi) is 6.90. The first-order valence-corrected chi connectivity index (χ1v) is 7.81. The predicted octanol–water partition coefficient (Wildman–Crippen LogP) is -4.08. The first-order valence-electron chi connectivity index (χ1n) is 7.81. The van der Waals surface area contributed by atoms with Crippen LogP contribution in [-0.4, -0.2) is 111 Å². The van der Waals surface area contributed by atoms with Gasteiger partial charge in [0.25, 0.3) is 0 Å². The summed E-state index contributed by atoms with van der Waals surface area (Å²) in [7, 11) is 1.28. The van der Waals surface area contributed by atoms with Crippen LogP contribution in [0.5, 0.6) is 0 Å². The fourth-order valence-corrected chi connectivity index (χ4v) is 3.29. The number of methoxy groups -OCH3 is 1. The number of rotatable bonds is 5. The number of hydrogen-bond donors (Lipinski definition) is 7. The number of ether oxygens (including phenoxy) is 3. The molecule has 7 N–H and O–H groups in total. The zero-order chi connectivity index (χ0) is 18.0. The minimum absolute atomic E-state index is 0.0820. The Morgan fingerprint density at radius 1 is 0.708 bits per heavy atom. The summed E-state index contributed by atoms with van der Waals surface area (Å²) in [5.41, 5.74) is 0. The lowest BCUT2D eigenvalue weighted by molar-refractivity contribution is -0.293. The van der Waals surface area contributed by atoms with Gasteiger partial charge in [-0.05, 0) is 6.42 Å². The van der Waals surface area contributed by atoms with Crippen molar-refractivity contribution in [2.75, 3.05) is 20.3 Å². The van der Waals surface area contributed by atoms with Gasteiger partial charge < -0.3 is 50.0 Å². The van der Waals surface area contributed by atoms with Gasteiger partial charge in [0.05, 0.1) is 31.5 Å². The van der Waals surface area contributed by atoms with Crippen LogP contribution < -0.4 is 0 Å². The molecule has 0 bridgehead atoms. The molecule has 2 aliphatic heterocycles. The van der Waals surface area contributed by atoms with Crippen LogP contribution in [0.4, 0.5) is 0 Å². The molecular weight excluding hydrogens is 328 g/mol. The van der Waals surface area contributed by atoms with Crippen molar-refractivity contribution in [2.45, 2.75) is 61.5 Å². The van der Waals surface area contributed by atoms with Gasteiger partial charge in [0.15, 0.2) is 6.29 Å². The van der Waals surface area contributed by atoms with Gasteiger partial charge in [-0.3, -0.25) is 0 Å². The van der Waals surface area contributed by atoms with Gasteiger partial charge in [0.2, 0.25) is 0 Å². The Labute approximate surface area is 138 Å². The largest absolute Gasteiger partial charge is 0.394 e. The van der Waals surface area contributed by atoms with Gasteiger partial charge in [-0.1, -0.05) is 0 Å². The van der Waals surface area contributed by atoms with Crippen molar-refractivity contribution in [3.63, 3.8) is 0 Å². The molecule has 2 fully saturated rings. The second-order valence-corrected chi connectivity index (χ2v) is 6.21. The summed E-state index contributed by atoms with van der Waals surface area (Å²) in [5, 5.41) is 68.6. The molecule has 0 saturated carbocycles. The molecule has 0 aliphatic carbocycles. The van der Waals surface area contributed by atoms with Crippen LogP contribution in [0.15, 0.2) is 0 Å². The van der Waals surface area contributed by atoms with E-state index in [0.717, 1.165) is 0 Å². The van der Waals surface area contributed by atoms with Crippen LogP contribution in [0.3, 0.4) is 0 Å². The zero-order valence-corrected chi connectivity index (χ0v) is 13.3. The summed E-state index contributed by atoms with van der Waals surface area (Å²) >= 11 is 0. The molecule has 0 aromatic carbocycles. The maximum atomic E-state index is 10.3. The molecule has 2 aliphatic rings. The molecule has 0 spiro atoms. The zero-order valence-electron chi connectivity index (χ0n) is 13.3. The Morgan fingerprint density at radius 3 is 1.83 bits per heavy atom. The highest BCUT2D eigenvalue weighted by Gasteiger charge is 2.49. The van der Waals surface area contributed by atoms with Crippen LogP contribution in [-0.2, 0) is 14.2 Å². The first kappa shape index (κ1) is 19.9. The third kappa shape index (κ3) is 3.73. The maximum Gasteiger partial charge on any atom is 0.186 e. The van der Waals surface area contributed by atoms with Crippen LogP contribution >= 0.6 is 0 Å². The van der Waals surface area contributed by atoms with Crippen molar-refractivity contribution in [3.05, 3.63) is 0 Å². The predicted molar refractivity (Wildman–Crippen MR) is 76.6 cm³/mol. The fourth-order valence-electron chi connectivity index (χ4n) is 3.29. The Balaban J connectivity index is 2.12. The molecule has 2 rings (SSSR count). The molecule has 0 unspecified atom stereocenters. The van der Waals surface area contributed by atoms with Crippen molar-refractivity contribution in [1.82, 2.24) is 0 Å². The Morgan fingerprint density at radius 2 is 1.29 bits per heavy atom. The number of aliphatic hydroxyl groups excluding tert-OH is 7. The Bertz CT molecular complexity index is 392. The van der Waals surface area contributed by atoms with E-state index in [1.165, 1.54) is 7.11 Å². The summed E-state index contributed by atoms with van der Waals surface area (Å²) in [6.45, 7) is -1.03. The van der Waals surface area contributed by atoms with Crippen molar-refractivity contribution in [3.8, 4) is 0 Å². The van der Waals surface area contributed by atoms with E-state index in [-0.39, 0.29) is 6.42 Å². The van der Waals surface area contributed by atoms with E-state index in [9.17, 15) is 35.7 Å². The van der Waals surface area contributed by atoms with Gasteiger partial charge in [-0.15, -0.1) is 0 Å². The van der Waals surface area contributed by atoms with E-state index in [4.69, 9.17) is 14.2 Å². The van der Waals surface area contributed by atoms with Crippen molar-refractivity contribution in [1.29, 1.82) is 0 Å². The highest BCUT2D eigenvalue weighted by Crippen LogP contribution is 2.33. The minimum Gasteiger partial charge on any atom is -0.394 e. The van der Waals surface area contributed by atoms with Crippen LogP contribution in [0, 0.1) is 5.92 Å². The van der Waals surface area contributed by atoms with Gasteiger partial charge in [-0.2, -0.15) is 0 Å². The van der Waals surface area contributed by atoms with Crippen LogP contribution in [0.25, 0.3) is 0 Å². The highest BCUT2D eigenvalue weighted by atomic mass is 16.7. The van der Waals surface area contributed by atoms with Crippen molar-refractivity contribution < 1.29 is 50.0 Å². The number of aliphatic hydroxyl groups is 7. The second-order valence-electron chi connectivity index (χ2n) is 6.21. The van der Waals surface area contributed by atoms with Gasteiger partial charge in [0, 0.05) is 13.0 Å². The summed E-state index contributed by atoms with van der Waals surface area (Å²) in [5.74, 6) is -0.821. The van der Waals surface area contributed by atoms with Crippen molar-refractivity contribution >= 4 is 0 Å². The first-order chi connectivity index (χ1) is 11.3. The molecule has 10 atom stereocenters. The molecule has 0 aromatic rings. The third-order valence-corrected chi connectivity index (χ3v) is 4.76. The molecule has 10 nitrogen and oxygen atoms in total. The van der Waals surface area contributed by atoms with Gasteiger partial charge >= 0.3 is 0 Å². The van der Waals surface area contributed by atoms with Crippen LogP contribution in [0.2, 0.25) is 0 Å². The van der Waals surface area contributed by atoms with E-state index in [2.05, 4.69) is 0 Å². The van der Waals surface area contributed by atoms with Crippen molar-refractivity contribution in [2.24, 2.45) is 5.92 Å². The lowest BCUT2D eigenvalue weighted by Gasteiger charge is -2.45. The molecular formula is C14H26O10. The average Bonchev–Trinajstić information content (AvgIpc) is 2.59.